The fraction of sp³-hybridized carbons (Fsp3) is 0.111. The number of nitrogens with zero attached hydrogens (tertiary/aromatic N) is 2. The van der Waals surface area contributed by atoms with Crippen LogP contribution in [-0.2, 0) is 0 Å². The second-order valence-corrected chi connectivity index (χ2v) is 5.96. The molecule has 0 atom stereocenters. The minimum Gasteiger partial charge on any atom is -0.261 e. The first-order valence-electron chi connectivity index (χ1n) is 6.91. The lowest BCUT2D eigenvalue weighted by Crippen LogP contribution is -1.97. The smallest absolute Gasteiger partial charge is 0.0898 e. The average Bonchev–Trinajstić information content (AvgIpc) is 2.51. The van der Waals surface area contributed by atoms with Gasteiger partial charge < -0.3 is 0 Å². The van der Waals surface area contributed by atoms with E-state index in [-0.39, 0.29) is 0 Å². The van der Waals surface area contributed by atoms with Gasteiger partial charge in [-0.25, -0.2) is 0 Å². The van der Waals surface area contributed by atoms with E-state index in [1.54, 1.807) is 6.20 Å². The predicted molar refractivity (Wildman–Crippen MR) is 92.4 cm³/mol. The Balaban J connectivity index is 2.33. The summed E-state index contributed by atoms with van der Waals surface area (Å²) in [7, 11) is 0. The van der Waals surface area contributed by atoms with Gasteiger partial charge in [-0.3, -0.25) is 9.97 Å². The Kier molecular flexibility index (Phi) is 4.14. The van der Waals surface area contributed by atoms with Crippen molar-refractivity contribution in [3.05, 3.63) is 70.1 Å². The summed E-state index contributed by atoms with van der Waals surface area (Å²) < 4.78 is 0. The molecule has 0 bridgehead atoms. The first kappa shape index (κ1) is 15.0. The molecule has 3 aromatic rings. The van der Waals surface area contributed by atoms with Crippen LogP contribution < -0.4 is 0 Å². The Bertz CT molecular complexity index is 827. The molecule has 0 saturated heterocycles. The van der Waals surface area contributed by atoms with Crippen LogP contribution >= 0.6 is 23.2 Å². The molecule has 0 aliphatic rings. The van der Waals surface area contributed by atoms with Crippen LogP contribution in [0.4, 0.5) is 0 Å². The van der Waals surface area contributed by atoms with Crippen molar-refractivity contribution in [2.75, 3.05) is 0 Å². The number of hydrogen-bond acceptors (Lipinski definition) is 2. The van der Waals surface area contributed by atoms with E-state index in [1.807, 2.05) is 56.4 Å². The molecule has 0 spiro atoms. The summed E-state index contributed by atoms with van der Waals surface area (Å²) in [6.45, 7) is 4.01. The molecule has 0 N–H and O–H groups in total. The van der Waals surface area contributed by atoms with Gasteiger partial charge in [0.1, 0.15) is 0 Å². The minimum absolute atomic E-state index is 0.631. The quantitative estimate of drug-likeness (QED) is 0.599. The van der Waals surface area contributed by atoms with E-state index in [2.05, 4.69) is 9.97 Å². The van der Waals surface area contributed by atoms with Crippen molar-refractivity contribution < 1.29 is 0 Å². The molecule has 0 aliphatic carbocycles. The third kappa shape index (κ3) is 2.72. The monoisotopic (exact) mass is 328 g/mol. The van der Waals surface area contributed by atoms with E-state index in [0.717, 1.165) is 33.6 Å². The zero-order chi connectivity index (χ0) is 15.7. The highest BCUT2D eigenvalue weighted by molar-refractivity contribution is 6.33. The van der Waals surface area contributed by atoms with E-state index in [4.69, 9.17) is 23.2 Å². The first-order chi connectivity index (χ1) is 10.6. The van der Waals surface area contributed by atoms with Crippen LogP contribution in [0.15, 0.2) is 48.8 Å². The third-order valence-corrected chi connectivity index (χ3v) is 4.14. The van der Waals surface area contributed by atoms with Crippen LogP contribution in [0.5, 0.6) is 0 Å². The Morgan fingerprint density at radius 3 is 2.27 bits per heavy atom. The second-order valence-electron chi connectivity index (χ2n) is 5.12. The number of benzene rings is 1. The molecule has 22 heavy (non-hydrogen) atoms. The maximum Gasteiger partial charge on any atom is 0.0898 e. The summed E-state index contributed by atoms with van der Waals surface area (Å²) in [5, 5.41) is 1.34. The van der Waals surface area contributed by atoms with Gasteiger partial charge in [-0.2, -0.15) is 0 Å². The van der Waals surface area contributed by atoms with Gasteiger partial charge in [0, 0.05) is 34.2 Å². The fourth-order valence-electron chi connectivity index (χ4n) is 2.55. The first-order valence-corrected chi connectivity index (χ1v) is 7.66. The molecule has 0 amide bonds. The summed E-state index contributed by atoms with van der Waals surface area (Å²) in [5.74, 6) is 0. The van der Waals surface area contributed by atoms with Gasteiger partial charge in [-0.15, -0.1) is 0 Å². The van der Waals surface area contributed by atoms with Crippen LogP contribution in [-0.4, -0.2) is 9.97 Å². The highest BCUT2D eigenvalue weighted by atomic mass is 35.5. The molecule has 0 aliphatic heterocycles. The van der Waals surface area contributed by atoms with Gasteiger partial charge in [-0.1, -0.05) is 35.3 Å². The largest absolute Gasteiger partial charge is 0.261 e. The van der Waals surface area contributed by atoms with Crippen molar-refractivity contribution in [3.8, 4) is 22.4 Å². The van der Waals surface area contributed by atoms with Crippen LogP contribution in [0.1, 0.15) is 11.3 Å². The standard InChI is InChI=1S/C18H14Cl2N2/c1-11-10-22-12(2)17(13-5-7-14(19)8-6-13)16(11)18-15(20)4-3-9-21-18/h3-10H,1-2H3. The van der Waals surface area contributed by atoms with Crippen molar-refractivity contribution in [1.82, 2.24) is 9.97 Å². The molecule has 2 aromatic heterocycles. The second kappa shape index (κ2) is 6.07. The van der Waals surface area contributed by atoms with Crippen molar-refractivity contribution in [1.29, 1.82) is 0 Å². The summed E-state index contributed by atoms with van der Waals surface area (Å²) in [6.07, 6.45) is 3.61. The number of rotatable bonds is 2. The SMILES string of the molecule is Cc1cnc(C)c(-c2ccc(Cl)cc2)c1-c1ncccc1Cl. The van der Waals surface area contributed by atoms with Gasteiger partial charge in [-0.05, 0) is 49.2 Å². The molecule has 3 rings (SSSR count). The van der Waals surface area contributed by atoms with Crippen molar-refractivity contribution in [3.63, 3.8) is 0 Å². The Labute approximate surface area is 139 Å². The third-order valence-electron chi connectivity index (χ3n) is 3.59. The lowest BCUT2D eigenvalue weighted by Gasteiger charge is -2.15. The van der Waals surface area contributed by atoms with Crippen LogP contribution in [0, 0.1) is 13.8 Å². The van der Waals surface area contributed by atoms with E-state index >= 15 is 0 Å². The molecule has 0 radical (unpaired) electrons. The van der Waals surface area contributed by atoms with Gasteiger partial charge in [0.05, 0.1) is 10.7 Å². The molecule has 0 unspecified atom stereocenters. The van der Waals surface area contributed by atoms with Crippen LogP contribution in [0.2, 0.25) is 10.0 Å². The number of halogens is 2. The molecular weight excluding hydrogens is 315 g/mol. The average molecular weight is 329 g/mol. The number of aryl methyl sites for hydroxylation is 2. The molecule has 1 aromatic carbocycles. The summed E-state index contributed by atoms with van der Waals surface area (Å²) in [5.41, 5.74) is 5.85. The van der Waals surface area contributed by atoms with E-state index < -0.39 is 0 Å². The van der Waals surface area contributed by atoms with Gasteiger partial charge in [0.2, 0.25) is 0 Å². The molecule has 0 saturated carbocycles. The van der Waals surface area contributed by atoms with Crippen molar-refractivity contribution in [2.24, 2.45) is 0 Å². The Morgan fingerprint density at radius 1 is 0.864 bits per heavy atom. The maximum absolute atomic E-state index is 6.36. The molecule has 0 fully saturated rings. The molecule has 2 heterocycles. The predicted octanol–water partition coefficient (Wildman–Crippen LogP) is 5.73. The zero-order valence-corrected chi connectivity index (χ0v) is 13.8. The molecular formula is C18H14Cl2N2. The van der Waals surface area contributed by atoms with Crippen molar-refractivity contribution >= 4 is 23.2 Å². The molecule has 2 nitrogen and oxygen atoms in total. The topological polar surface area (TPSA) is 25.8 Å². The summed E-state index contributed by atoms with van der Waals surface area (Å²) in [6, 6.07) is 11.4. The minimum atomic E-state index is 0.631. The number of aromatic nitrogens is 2. The molecule has 110 valence electrons. The number of pyridine rings is 2. The van der Waals surface area contributed by atoms with Crippen molar-refractivity contribution in [2.45, 2.75) is 13.8 Å². The zero-order valence-electron chi connectivity index (χ0n) is 12.3. The summed E-state index contributed by atoms with van der Waals surface area (Å²) >= 11 is 12.4. The highest BCUT2D eigenvalue weighted by Gasteiger charge is 2.17. The summed E-state index contributed by atoms with van der Waals surface area (Å²) in [4.78, 5) is 8.96. The van der Waals surface area contributed by atoms with Gasteiger partial charge >= 0.3 is 0 Å². The van der Waals surface area contributed by atoms with Gasteiger partial charge in [0.15, 0.2) is 0 Å². The van der Waals surface area contributed by atoms with E-state index in [0.29, 0.717) is 10.0 Å². The highest BCUT2D eigenvalue weighted by Crippen LogP contribution is 2.38. The molecule has 4 heteroatoms. The maximum atomic E-state index is 6.36. The normalized spacial score (nSPS) is 10.7. The lowest BCUT2D eigenvalue weighted by molar-refractivity contribution is 1.17. The lowest BCUT2D eigenvalue weighted by atomic mass is 9.93. The van der Waals surface area contributed by atoms with Crippen LogP contribution in [0.3, 0.4) is 0 Å². The van der Waals surface area contributed by atoms with E-state index in [9.17, 15) is 0 Å². The van der Waals surface area contributed by atoms with Gasteiger partial charge in [0.25, 0.3) is 0 Å². The van der Waals surface area contributed by atoms with E-state index in [1.165, 1.54) is 0 Å². The Morgan fingerprint density at radius 2 is 1.59 bits per heavy atom. The fourth-order valence-corrected chi connectivity index (χ4v) is 2.89. The number of hydrogen-bond donors (Lipinski definition) is 0. The Hall–Kier alpha value is -1.90. The van der Waals surface area contributed by atoms with Crippen LogP contribution in [0.25, 0.3) is 22.4 Å².